The Hall–Kier alpha value is -4.84. The van der Waals surface area contributed by atoms with Gasteiger partial charge in [0.1, 0.15) is 17.6 Å². The first-order valence-electron chi connectivity index (χ1n) is 11.1. The Morgan fingerprint density at radius 1 is 1.03 bits per heavy atom. The van der Waals surface area contributed by atoms with Crippen molar-refractivity contribution in [1.82, 2.24) is 34.3 Å². The van der Waals surface area contributed by atoms with E-state index in [-0.39, 0.29) is 6.54 Å². The maximum atomic E-state index is 10.7. The van der Waals surface area contributed by atoms with Crippen molar-refractivity contribution >= 4 is 52.2 Å². The molecule has 0 saturated carbocycles. The quantitative estimate of drug-likeness (QED) is 0.280. The van der Waals surface area contributed by atoms with Gasteiger partial charge >= 0.3 is 0 Å². The molecule has 0 unspecified atom stereocenters. The molecular formula is C24H27N11O. The number of para-hydroxylation sites is 1. The van der Waals surface area contributed by atoms with Crippen molar-refractivity contribution in [2.45, 2.75) is 6.54 Å². The van der Waals surface area contributed by atoms with Gasteiger partial charge in [-0.15, -0.1) is 0 Å². The second-order valence-corrected chi connectivity index (χ2v) is 7.56. The molecular weight excluding hydrogens is 458 g/mol. The smallest absolute Gasteiger partial charge is 0.229 e. The molecule has 1 aromatic carbocycles. The van der Waals surface area contributed by atoms with Crippen molar-refractivity contribution in [1.29, 1.82) is 0 Å². The van der Waals surface area contributed by atoms with E-state index in [9.17, 15) is 4.79 Å². The van der Waals surface area contributed by atoms with E-state index in [1.807, 2.05) is 66.0 Å². The lowest BCUT2D eigenvalue weighted by Crippen LogP contribution is -2.12. The van der Waals surface area contributed by atoms with Crippen LogP contribution in [0.5, 0.6) is 0 Å². The van der Waals surface area contributed by atoms with Crippen LogP contribution in [0.15, 0.2) is 67.3 Å². The molecule has 12 nitrogen and oxygen atoms in total. The second kappa shape index (κ2) is 11.1. The van der Waals surface area contributed by atoms with Crippen molar-refractivity contribution in [3.05, 3.63) is 67.3 Å². The summed E-state index contributed by atoms with van der Waals surface area (Å²) in [4.78, 5) is 30.8. The zero-order valence-electron chi connectivity index (χ0n) is 20.2. The zero-order valence-corrected chi connectivity index (χ0v) is 20.2. The molecule has 0 amide bonds. The van der Waals surface area contributed by atoms with Crippen LogP contribution in [0.4, 0.5) is 34.8 Å². The van der Waals surface area contributed by atoms with Crippen LogP contribution in [0, 0.1) is 0 Å². The van der Waals surface area contributed by atoms with Crippen LogP contribution in [0.1, 0.15) is 0 Å². The number of nitrogens with two attached hydrogens (primary N) is 1. The van der Waals surface area contributed by atoms with E-state index in [0.29, 0.717) is 23.4 Å². The van der Waals surface area contributed by atoms with Crippen molar-refractivity contribution in [3.8, 4) is 0 Å². The molecule has 0 spiro atoms. The molecule has 0 aliphatic carbocycles. The number of benzene rings is 1. The molecule has 4 N–H and O–H groups in total. The summed E-state index contributed by atoms with van der Waals surface area (Å²) in [5.41, 5.74) is 8.51. The highest BCUT2D eigenvalue weighted by molar-refractivity contribution is 5.80. The maximum absolute atomic E-state index is 10.7. The Morgan fingerprint density at radius 2 is 1.83 bits per heavy atom. The summed E-state index contributed by atoms with van der Waals surface area (Å²) in [7, 11) is 5.33. The van der Waals surface area contributed by atoms with E-state index < -0.39 is 0 Å². The van der Waals surface area contributed by atoms with Gasteiger partial charge in [-0.3, -0.25) is 9.25 Å². The van der Waals surface area contributed by atoms with Gasteiger partial charge in [0.15, 0.2) is 5.65 Å². The molecule has 5 rings (SSSR count). The number of hydrogen-bond acceptors (Lipinski definition) is 10. The summed E-state index contributed by atoms with van der Waals surface area (Å²) >= 11 is 0. The fraction of sp³-hybridized carbons (Fsp3) is 0.167. The van der Waals surface area contributed by atoms with Gasteiger partial charge in [0, 0.05) is 32.2 Å². The number of aryl methyl sites for hydroxylation is 1. The van der Waals surface area contributed by atoms with E-state index in [0.717, 1.165) is 28.8 Å². The average molecular weight is 486 g/mol. The largest absolute Gasteiger partial charge is 0.333 e. The molecule has 184 valence electrons. The van der Waals surface area contributed by atoms with Crippen LogP contribution in [0.2, 0.25) is 0 Å². The van der Waals surface area contributed by atoms with Crippen LogP contribution in [0.3, 0.4) is 0 Å². The fourth-order valence-electron chi connectivity index (χ4n) is 3.47. The number of rotatable bonds is 8. The predicted octanol–water partition coefficient (Wildman–Crippen LogP) is 2.98. The number of carbonyl (C=O) groups is 1. The van der Waals surface area contributed by atoms with Crippen molar-refractivity contribution < 1.29 is 4.79 Å². The molecule has 0 aliphatic rings. The summed E-state index contributed by atoms with van der Waals surface area (Å²) in [6.45, 7) is 0.191. The number of fused-ring (bicyclic) bond motifs is 1. The number of imidazole rings is 1. The van der Waals surface area contributed by atoms with Gasteiger partial charge in [0.25, 0.3) is 0 Å². The normalized spacial score (nSPS) is 10.4. The second-order valence-electron chi connectivity index (χ2n) is 7.56. The molecule has 0 aliphatic heterocycles. The lowest BCUT2D eigenvalue weighted by atomic mass is 10.3. The standard InChI is InChI=1S/C23H22N10O.CH5N/c1-31(20-8-9-24-22(30-20)27-17-13-26-33(15-17)10-11-34)18-12-19-21(25-14-18)32(2)23(29-19)28-16-6-4-3-5-7-16;1-2/h3-9,11-15H,10H2,1-2H3,(H,28,29)(H,24,27,30);2H2,1H3. The monoisotopic (exact) mass is 485 g/mol. The highest BCUT2D eigenvalue weighted by Crippen LogP contribution is 2.27. The number of pyridine rings is 1. The Bertz CT molecular complexity index is 1450. The number of hydrogen-bond donors (Lipinski definition) is 3. The molecule has 0 radical (unpaired) electrons. The minimum atomic E-state index is 0.191. The van der Waals surface area contributed by atoms with E-state index >= 15 is 0 Å². The Labute approximate surface area is 207 Å². The van der Waals surface area contributed by atoms with Crippen LogP contribution in [0.25, 0.3) is 11.2 Å². The van der Waals surface area contributed by atoms with Crippen molar-refractivity contribution in [3.63, 3.8) is 0 Å². The van der Waals surface area contributed by atoms with Gasteiger partial charge in [0.2, 0.25) is 11.9 Å². The maximum Gasteiger partial charge on any atom is 0.229 e. The molecule has 12 heteroatoms. The SMILES string of the molecule is CN.CN(c1cnc2c(c1)nc(Nc1ccccc1)n2C)c1ccnc(Nc2cnn(CC=O)c2)n1. The van der Waals surface area contributed by atoms with E-state index in [4.69, 9.17) is 4.98 Å². The molecule has 4 heterocycles. The van der Waals surface area contributed by atoms with Crippen LogP contribution in [-0.2, 0) is 18.4 Å². The Balaban J connectivity index is 0.00000148. The van der Waals surface area contributed by atoms with Crippen LogP contribution < -0.4 is 21.3 Å². The summed E-state index contributed by atoms with van der Waals surface area (Å²) in [6, 6.07) is 13.7. The molecule has 0 bridgehead atoms. The number of nitrogens with one attached hydrogen (secondary N) is 2. The van der Waals surface area contributed by atoms with E-state index in [1.165, 1.54) is 11.7 Å². The summed E-state index contributed by atoms with van der Waals surface area (Å²) in [5.74, 6) is 1.80. The minimum absolute atomic E-state index is 0.191. The summed E-state index contributed by atoms with van der Waals surface area (Å²) < 4.78 is 3.45. The van der Waals surface area contributed by atoms with Crippen LogP contribution >= 0.6 is 0 Å². The third-order valence-corrected chi connectivity index (χ3v) is 5.25. The molecule has 0 atom stereocenters. The average Bonchev–Trinajstić information content (AvgIpc) is 3.48. The lowest BCUT2D eigenvalue weighted by molar-refractivity contribution is -0.108. The molecule has 36 heavy (non-hydrogen) atoms. The first-order chi connectivity index (χ1) is 17.6. The molecule has 4 aromatic heterocycles. The highest BCUT2D eigenvalue weighted by Gasteiger charge is 2.14. The predicted molar refractivity (Wildman–Crippen MR) is 140 cm³/mol. The number of carbonyl (C=O) groups excluding carboxylic acids is 1. The van der Waals surface area contributed by atoms with Gasteiger partial charge in [-0.1, -0.05) is 18.2 Å². The molecule has 0 fully saturated rings. The summed E-state index contributed by atoms with van der Waals surface area (Å²) in [5, 5.41) is 10.5. The highest BCUT2D eigenvalue weighted by atomic mass is 16.1. The topological polar surface area (TPSA) is 145 Å². The summed E-state index contributed by atoms with van der Waals surface area (Å²) in [6.07, 6.45) is 7.58. The third-order valence-electron chi connectivity index (χ3n) is 5.25. The van der Waals surface area contributed by atoms with Gasteiger partial charge in [-0.05, 0) is 31.3 Å². The Morgan fingerprint density at radius 3 is 2.61 bits per heavy atom. The first kappa shape index (κ1) is 24.3. The van der Waals surface area contributed by atoms with Crippen molar-refractivity contribution in [2.75, 3.05) is 29.6 Å². The number of nitrogens with zero attached hydrogens (tertiary/aromatic N) is 8. The van der Waals surface area contributed by atoms with E-state index in [1.54, 1.807) is 24.8 Å². The lowest BCUT2D eigenvalue weighted by Gasteiger charge is -2.18. The molecule has 0 saturated heterocycles. The first-order valence-corrected chi connectivity index (χ1v) is 11.1. The zero-order chi connectivity index (χ0) is 25.5. The minimum Gasteiger partial charge on any atom is -0.333 e. The van der Waals surface area contributed by atoms with Crippen LogP contribution in [-0.4, -0.2) is 54.7 Å². The Kier molecular flexibility index (Phi) is 7.46. The number of aromatic nitrogens is 7. The number of aldehydes is 1. The van der Waals surface area contributed by atoms with Gasteiger partial charge in [-0.2, -0.15) is 10.1 Å². The van der Waals surface area contributed by atoms with Gasteiger partial charge in [-0.25, -0.2) is 15.0 Å². The van der Waals surface area contributed by atoms with E-state index in [2.05, 4.69) is 36.4 Å². The third kappa shape index (κ3) is 5.28. The molecule has 5 aromatic rings. The van der Waals surface area contributed by atoms with Gasteiger partial charge in [0.05, 0.1) is 30.3 Å². The van der Waals surface area contributed by atoms with Crippen molar-refractivity contribution in [2.24, 2.45) is 12.8 Å². The number of anilines is 6. The fourth-order valence-corrected chi connectivity index (χ4v) is 3.47. The van der Waals surface area contributed by atoms with Gasteiger partial charge < -0.3 is 26.1 Å².